The summed E-state index contributed by atoms with van der Waals surface area (Å²) in [4.78, 5) is 17.0. The number of aromatic nitrogens is 1. The summed E-state index contributed by atoms with van der Waals surface area (Å²) in [6.07, 6.45) is 8.44. The number of rotatable bonds is 5. The maximum Gasteiger partial charge on any atom is 0.160 e. The fraction of sp³-hybridized carbons (Fsp3) is 0.100. The molecule has 5 nitrogen and oxygen atoms in total. The van der Waals surface area contributed by atoms with Crippen LogP contribution >= 0.6 is 0 Å². The Balaban J connectivity index is 1.08. The first kappa shape index (κ1) is 32.8. The van der Waals surface area contributed by atoms with Crippen LogP contribution < -0.4 is 4.90 Å². The van der Waals surface area contributed by atoms with E-state index >= 15 is 0 Å². The Morgan fingerprint density at radius 1 is 0.673 bits per heavy atom. The van der Waals surface area contributed by atoms with Gasteiger partial charge in [0.2, 0.25) is 0 Å². The Morgan fingerprint density at radius 3 is 2.16 bits per heavy atom. The van der Waals surface area contributed by atoms with Gasteiger partial charge in [-0.2, -0.15) is 0 Å². The molecule has 2 unspecified atom stereocenters. The van der Waals surface area contributed by atoms with Crippen molar-refractivity contribution in [2.45, 2.75) is 31.3 Å². The Labute approximate surface area is 321 Å². The molecule has 6 aromatic carbocycles. The van der Waals surface area contributed by atoms with Crippen molar-refractivity contribution in [1.29, 1.82) is 0 Å². The molecular formula is C50H39N5. The molecule has 0 spiro atoms. The lowest BCUT2D eigenvalue weighted by Gasteiger charge is -2.40. The second-order valence-corrected chi connectivity index (χ2v) is 14.4. The van der Waals surface area contributed by atoms with Gasteiger partial charge < -0.3 is 9.47 Å². The van der Waals surface area contributed by atoms with Gasteiger partial charge in [0.05, 0.1) is 29.5 Å². The van der Waals surface area contributed by atoms with Crippen LogP contribution in [0, 0.1) is 0 Å². The number of para-hydroxylation sites is 4. The van der Waals surface area contributed by atoms with Crippen molar-refractivity contribution < 1.29 is 0 Å². The van der Waals surface area contributed by atoms with E-state index in [4.69, 9.17) is 9.98 Å². The van der Waals surface area contributed by atoms with Gasteiger partial charge in [-0.3, -0.25) is 4.99 Å². The standard InChI is InChI=1S/C50H39N5/c1-51-49(53-50(35-18-6-3-7-19-35)52-33-34-16-4-2-5-17-34)36-28-30-38(31-29-36)54-43-24-12-10-22-40(43)42-32-37-20-8-9-21-39(37)47-41-23-11-13-25-44(41)55(48(42)47)46-27-15-14-26-45(46)54/h2-30,38,42H,1,31-33H2. The second-order valence-electron chi connectivity index (χ2n) is 14.4. The third-order valence-corrected chi connectivity index (χ3v) is 11.2. The van der Waals surface area contributed by atoms with E-state index in [0.29, 0.717) is 18.2 Å². The van der Waals surface area contributed by atoms with Gasteiger partial charge in [0.15, 0.2) is 11.7 Å². The number of hydrogen-bond donors (Lipinski definition) is 0. The number of hydrogen-bond acceptors (Lipinski definition) is 2. The van der Waals surface area contributed by atoms with Crippen LogP contribution in [0.5, 0.6) is 0 Å². The zero-order chi connectivity index (χ0) is 36.7. The maximum absolute atomic E-state index is 5.04. The molecule has 0 bridgehead atoms. The molecule has 0 saturated heterocycles. The summed E-state index contributed by atoms with van der Waals surface area (Å²) < 4.78 is 2.56. The third kappa shape index (κ3) is 5.67. The molecule has 7 aromatic rings. The topological polar surface area (TPSA) is 45.2 Å². The van der Waals surface area contributed by atoms with Gasteiger partial charge in [-0.05, 0) is 66.1 Å². The van der Waals surface area contributed by atoms with E-state index in [9.17, 15) is 0 Å². The molecule has 2 heterocycles. The molecule has 0 fully saturated rings. The second kappa shape index (κ2) is 13.9. The highest BCUT2D eigenvalue weighted by molar-refractivity contribution is 6.13. The van der Waals surface area contributed by atoms with Gasteiger partial charge in [-0.25, -0.2) is 9.98 Å². The molecule has 1 aliphatic heterocycles. The summed E-state index contributed by atoms with van der Waals surface area (Å²) in [5.74, 6) is 1.38. The van der Waals surface area contributed by atoms with Crippen LogP contribution in [0.3, 0.4) is 0 Å². The fourth-order valence-corrected chi connectivity index (χ4v) is 8.78. The summed E-state index contributed by atoms with van der Waals surface area (Å²) in [5.41, 5.74) is 14.7. The lowest BCUT2D eigenvalue weighted by Crippen LogP contribution is -2.34. The van der Waals surface area contributed by atoms with Crippen molar-refractivity contribution >= 4 is 40.7 Å². The summed E-state index contributed by atoms with van der Waals surface area (Å²) in [7, 11) is 0. The highest BCUT2D eigenvalue weighted by Crippen LogP contribution is 2.53. The van der Waals surface area contributed by atoms with Crippen molar-refractivity contribution in [3.8, 4) is 16.8 Å². The van der Waals surface area contributed by atoms with Crippen LogP contribution in [-0.2, 0) is 13.0 Å². The van der Waals surface area contributed by atoms with Crippen molar-refractivity contribution in [3.05, 3.63) is 209 Å². The van der Waals surface area contributed by atoms with E-state index in [2.05, 4.69) is 149 Å². The van der Waals surface area contributed by atoms with Crippen molar-refractivity contribution in [1.82, 2.24) is 4.57 Å². The first-order chi connectivity index (χ1) is 27.3. The molecule has 10 rings (SSSR count). The lowest BCUT2D eigenvalue weighted by atomic mass is 9.77. The van der Waals surface area contributed by atoms with Crippen LogP contribution in [-0.4, -0.2) is 29.0 Å². The minimum absolute atomic E-state index is 0.0520. The van der Waals surface area contributed by atoms with Crippen LogP contribution in [0.25, 0.3) is 27.7 Å². The van der Waals surface area contributed by atoms with Gasteiger partial charge in [-0.15, -0.1) is 0 Å². The number of nitrogens with zero attached hydrogens (tertiary/aromatic N) is 5. The van der Waals surface area contributed by atoms with Crippen LogP contribution in [0.4, 0.5) is 11.4 Å². The SMILES string of the molecule is C=NC(=NC(=NCc1ccccc1)c1ccccc1)C1=CCC(N2c3ccccc3C3Cc4ccccc4-c4c3n(c3ccccc43)-c3ccccc32)C=C1. The van der Waals surface area contributed by atoms with Crippen molar-refractivity contribution in [2.75, 3.05) is 4.90 Å². The van der Waals surface area contributed by atoms with Crippen LogP contribution in [0.15, 0.2) is 197 Å². The van der Waals surface area contributed by atoms with E-state index in [1.54, 1.807) is 0 Å². The molecule has 0 saturated carbocycles. The average molecular weight is 710 g/mol. The molecule has 2 atom stereocenters. The molecule has 5 heteroatoms. The zero-order valence-corrected chi connectivity index (χ0v) is 30.5. The van der Waals surface area contributed by atoms with Gasteiger partial charge in [0.25, 0.3) is 0 Å². The van der Waals surface area contributed by atoms with E-state index in [-0.39, 0.29) is 12.0 Å². The molecule has 0 amide bonds. The highest BCUT2D eigenvalue weighted by Gasteiger charge is 2.38. The van der Waals surface area contributed by atoms with Crippen LogP contribution in [0.1, 0.15) is 40.3 Å². The summed E-state index contributed by atoms with van der Waals surface area (Å²) in [6, 6.07) is 56.3. The van der Waals surface area contributed by atoms with E-state index in [1.165, 1.54) is 55.9 Å². The number of amidine groups is 2. The third-order valence-electron chi connectivity index (χ3n) is 11.2. The number of anilines is 2. The zero-order valence-electron chi connectivity index (χ0n) is 30.5. The molecule has 0 N–H and O–H groups in total. The van der Waals surface area contributed by atoms with Crippen molar-refractivity contribution in [2.24, 2.45) is 15.0 Å². The van der Waals surface area contributed by atoms with Gasteiger partial charge in [0.1, 0.15) is 0 Å². The fourth-order valence-electron chi connectivity index (χ4n) is 8.78. The van der Waals surface area contributed by atoms with Gasteiger partial charge >= 0.3 is 0 Å². The molecule has 0 radical (unpaired) electrons. The minimum Gasteiger partial charge on any atom is -0.332 e. The Hall–Kier alpha value is -6.85. The maximum atomic E-state index is 5.04. The van der Waals surface area contributed by atoms with Crippen molar-refractivity contribution in [3.63, 3.8) is 0 Å². The number of aliphatic imine (C=N–C) groups is 3. The number of fused-ring (bicyclic) bond motifs is 9. The van der Waals surface area contributed by atoms with E-state index in [1.807, 2.05) is 48.5 Å². The first-order valence-corrected chi connectivity index (χ1v) is 19.0. The van der Waals surface area contributed by atoms with E-state index in [0.717, 1.165) is 29.5 Å². The molecule has 55 heavy (non-hydrogen) atoms. The highest BCUT2D eigenvalue weighted by atomic mass is 15.2. The van der Waals surface area contributed by atoms with Crippen LogP contribution in [0.2, 0.25) is 0 Å². The number of benzene rings is 6. The summed E-state index contributed by atoms with van der Waals surface area (Å²) >= 11 is 0. The van der Waals surface area contributed by atoms with Gasteiger partial charge in [0, 0.05) is 39.4 Å². The molecule has 3 aliphatic rings. The lowest BCUT2D eigenvalue weighted by molar-refractivity contribution is 0.714. The smallest absolute Gasteiger partial charge is 0.160 e. The predicted octanol–water partition coefficient (Wildman–Crippen LogP) is 11.4. The minimum atomic E-state index is 0.0520. The average Bonchev–Trinajstić information content (AvgIpc) is 3.60. The summed E-state index contributed by atoms with van der Waals surface area (Å²) in [5, 5.41) is 1.30. The predicted molar refractivity (Wildman–Crippen MR) is 229 cm³/mol. The monoisotopic (exact) mass is 709 g/mol. The quantitative estimate of drug-likeness (QED) is 0.130. The first-order valence-electron chi connectivity index (χ1n) is 19.0. The Kier molecular flexibility index (Phi) is 8.25. The van der Waals surface area contributed by atoms with E-state index < -0.39 is 0 Å². The molecule has 1 aromatic heterocycles. The Bertz CT molecular complexity index is 2710. The van der Waals surface area contributed by atoms with Gasteiger partial charge in [-0.1, -0.05) is 152 Å². The normalized spacial score (nSPS) is 17.3. The Morgan fingerprint density at radius 2 is 1.36 bits per heavy atom. The summed E-state index contributed by atoms with van der Waals surface area (Å²) in [6.45, 7) is 4.48. The molecule has 2 aliphatic carbocycles. The molecular weight excluding hydrogens is 671 g/mol. The molecule has 264 valence electrons. The largest absolute Gasteiger partial charge is 0.332 e.